The summed E-state index contributed by atoms with van der Waals surface area (Å²) in [6, 6.07) is 0.779. The fraction of sp³-hybridized carbons (Fsp3) is 0.286. The molecule has 1 aromatic rings. The maximum absolute atomic E-state index is 10.8. The van der Waals surface area contributed by atoms with E-state index in [1.807, 2.05) is 0 Å². The quantitative estimate of drug-likeness (QED) is 0.596. The van der Waals surface area contributed by atoms with E-state index in [0.717, 1.165) is 0 Å². The summed E-state index contributed by atoms with van der Waals surface area (Å²) in [6.07, 6.45) is 1.56. The van der Waals surface area contributed by atoms with Crippen LogP contribution in [0, 0.1) is 4.77 Å². The molecule has 0 aromatic carbocycles. The molecule has 14 heavy (non-hydrogen) atoms. The van der Waals surface area contributed by atoms with Crippen LogP contribution in [0.1, 0.15) is 0 Å². The number of H-pyrrole nitrogens is 1. The van der Waals surface area contributed by atoms with Crippen LogP contribution in [-0.4, -0.2) is 22.1 Å². The van der Waals surface area contributed by atoms with Crippen molar-refractivity contribution in [3.05, 3.63) is 27.4 Å². The first kappa shape index (κ1) is 10.5. The number of nitrogens with one attached hydrogen (secondary N) is 2. The lowest BCUT2D eigenvalue weighted by Crippen LogP contribution is -2.32. The molecule has 0 bridgehead atoms. The number of aromatic nitrogens is 2. The highest BCUT2D eigenvalue weighted by molar-refractivity contribution is 7.71. The first-order valence-corrected chi connectivity index (χ1v) is 4.33. The molecule has 0 aliphatic heterocycles. The van der Waals surface area contributed by atoms with Crippen LogP contribution in [0.15, 0.2) is 17.1 Å². The molecule has 0 aliphatic carbocycles. The maximum atomic E-state index is 10.8. The molecule has 0 spiro atoms. The second-order valence-electron chi connectivity index (χ2n) is 2.59. The Hall–Kier alpha value is -1.63. The van der Waals surface area contributed by atoms with Gasteiger partial charge in [0.2, 0.25) is 0 Å². The number of primary amides is 1. The molecule has 0 atom stereocenters. The van der Waals surface area contributed by atoms with E-state index in [0.29, 0.717) is 17.9 Å². The lowest BCUT2D eigenvalue weighted by atomic mass is 10.5. The predicted octanol–water partition coefficient (Wildman–Crippen LogP) is -0.426. The first-order chi connectivity index (χ1) is 6.59. The first-order valence-electron chi connectivity index (χ1n) is 3.92. The summed E-state index contributed by atoms with van der Waals surface area (Å²) in [5, 5.41) is 2.42. The zero-order valence-electron chi connectivity index (χ0n) is 7.32. The Morgan fingerprint density at radius 1 is 1.71 bits per heavy atom. The van der Waals surface area contributed by atoms with E-state index in [1.165, 1.54) is 6.07 Å². The fourth-order valence-electron chi connectivity index (χ4n) is 0.920. The van der Waals surface area contributed by atoms with Crippen molar-refractivity contribution in [2.24, 2.45) is 5.73 Å². The minimum atomic E-state index is -0.582. The van der Waals surface area contributed by atoms with Crippen molar-refractivity contribution in [3.63, 3.8) is 0 Å². The van der Waals surface area contributed by atoms with Gasteiger partial charge < -0.3 is 15.6 Å². The monoisotopic (exact) mass is 214 g/mol. The van der Waals surface area contributed by atoms with Gasteiger partial charge in [0.15, 0.2) is 4.77 Å². The molecule has 1 heterocycles. The van der Waals surface area contributed by atoms with Crippen LogP contribution in [0.4, 0.5) is 4.79 Å². The maximum Gasteiger partial charge on any atom is 0.312 e. The molecule has 0 saturated heterocycles. The number of carbonyl (C=O) groups is 1. The van der Waals surface area contributed by atoms with Crippen molar-refractivity contribution in [1.29, 1.82) is 0 Å². The van der Waals surface area contributed by atoms with Gasteiger partial charge >= 0.3 is 6.03 Å². The highest BCUT2D eigenvalue weighted by Crippen LogP contribution is 1.84. The molecular formula is C7H10N4O2S. The van der Waals surface area contributed by atoms with Crippen molar-refractivity contribution in [3.8, 4) is 0 Å². The number of urea groups is 1. The standard InChI is InChI=1S/C7H10N4O2S/c8-6(13)9-2-4-11-3-1-5(12)10-7(11)14/h1,3H,2,4H2,(H3,8,9,13)(H,10,12,14). The van der Waals surface area contributed by atoms with Crippen molar-refractivity contribution < 1.29 is 4.79 Å². The van der Waals surface area contributed by atoms with Crippen molar-refractivity contribution in [1.82, 2.24) is 14.9 Å². The Balaban J connectivity index is 2.64. The molecule has 0 saturated carbocycles. The van der Waals surface area contributed by atoms with Gasteiger partial charge in [-0.1, -0.05) is 0 Å². The van der Waals surface area contributed by atoms with Gasteiger partial charge in [0.25, 0.3) is 5.56 Å². The van der Waals surface area contributed by atoms with Gasteiger partial charge in [0.05, 0.1) is 0 Å². The lowest BCUT2D eigenvalue weighted by Gasteiger charge is -2.05. The average molecular weight is 214 g/mol. The summed E-state index contributed by atoms with van der Waals surface area (Å²) in [5.74, 6) is 0. The van der Waals surface area contributed by atoms with E-state index in [2.05, 4.69) is 10.3 Å². The Labute approximate surface area is 84.7 Å². The predicted molar refractivity (Wildman–Crippen MR) is 53.5 cm³/mol. The van der Waals surface area contributed by atoms with E-state index in [1.54, 1.807) is 10.8 Å². The van der Waals surface area contributed by atoms with Crippen molar-refractivity contribution in [2.75, 3.05) is 6.54 Å². The van der Waals surface area contributed by atoms with Crippen LogP contribution in [0.2, 0.25) is 0 Å². The highest BCUT2D eigenvalue weighted by Gasteiger charge is 1.94. The van der Waals surface area contributed by atoms with Crippen LogP contribution in [0.3, 0.4) is 0 Å². The largest absolute Gasteiger partial charge is 0.352 e. The van der Waals surface area contributed by atoms with Gasteiger partial charge in [-0.15, -0.1) is 0 Å². The summed E-state index contributed by atoms with van der Waals surface area (Å²) < 4.78 is 1.95. The molecule has 7 heteroatoms. The van der Waals surface area contributed by atoms with Gasteiger partial charge in [0, 0.05) is 25.4 Å². The Morgan fingerprint density at radius 3 is 3.00 bits per heavy atom. The number of carbonyl (C=O) groups excluding carboxylic acids is 1. The molecule has 4 N–H and O–H groups in total. The molecule has 0 unspecified atom stereocenters. The number of hydrogen-bond acceptors (Lipinski definition) is 3. The van der Waals surface area contributed by atoms with Gasteiger partial charge in [-0.3, -0.25) is 9.78 Å². The molecule has 1 aromatic heterocycles. The zero-order chi connectivity index (χ0) is 10.6. The number of amides is 2. The third-order valence-corrected chi connectivity index (χ3v) is 1.89. The van der Waals surface area contributed by atoms with Gasteiger partial charge in [-0.05, 0) is 12.2 Å². The van der Waals surface area contributed by atoms with Crippen LogP contribution in [0.25, 0.3) is 0 Å². The Morgan fingerprint density at radius 2 is 2.43 bits per heavy atom. The van der Waals surface area contributed by atoms with Crippen LogP contribution in [-0.2, 0) is 6.54 Å². The van der Waals surface area contributed by atoms with E-state index in [-0.39, 0.29) is 5.56 Å². The van der Waals surface area contributed by atoms with Gasteiger partial charge in [-0.2, -0.15) is 0 Å². The number of rotatable bonds is 3. The number of aromatic amines is 1. The van der Waals surface area contributed by atoms with Gasteiger partial charge in [0.1, 0.15) is 0 Å². The molecule has 76 valence electrons. The number of nitrogens with zero attached hydrogens (tertiary/aromatic N) is 1. The molecule has 1 rings (SSSR count). The third-order valence-electron chi connectivity index (χ3n) is 1.55. The molecule has 0 aliphatic rings. The third kappa shape index (κ3) is 3.02. The molecule has 6 nitrogen and oxygen atoms in total. The molecule has 2 amide bonds. The lowest BCUT2D eigenvalue weighted by molar-refractivity contribution is 0.248. The summed E-state index contributed by atoms with van der Waals surface area (Å²) >= 11 is 4.88. The van der Waals surface area contributed by atoms with Gasteiger partial charge in [-0.25, -0.2) is 4.79 Å². The average Bonchev–Trinajstić information content (AvgIpc) is 2.08. The molecule has 0 fully saturated rings. The molecule has 0 radical (unpaired) electrons. The number of nitrogens with two attached hydrogens (primary N) is 1. The minimum absolute atomic E-state index is 0.242. The van der Waals surface area contributed by atoms with Crippen LogP contribution >= 0.6 is 12.2 Å². The van der Waals surface area contributed by atoms with Crippen LogP contribution in [0.5, 0.6) is 0 Å². The Bertz CT molecular complexity index is 436. The summed E-state index contributed by atoms with van der Waals surface area (Å²) in [5.41, 5.74) is 4.63. The minimum Gasteiger partial charge on any atom is -0.352 e. The van der Waals surface area contributed by atoms with E-state index in [4.69, 9.17) is 18.0 Å². The van der Waals surface area contributed by atoms with Crippen LogP contribution < -0.4 is 16.6 Å². The molecular weight excluding hydrogens is 204 g/mol. The van der Waals surface area contributed by atoms with E-state index in [9.17, 15) is 9.59 Å². The topological polar surface area (TPSA) is 92.9 Å². The fourth-order valence-corrected chi connectivity index (χ4v) is 1.17. The Kier molecular flexibility index (Phi) is 3.41. The normalized spacial score (nSPS) is 9.71. The second kappa shape index (κ2) is 4.56. The number of hydrogen-bond donors (Lipinski definition) is 3. The summed E-state index contributed by atoms with van der Waals surface area (Å²) in [7, 11) is 0. The SMILES string of the molecule is NC(=O)NCCn1ccc(=O)[nH]c1=S. The highest BCUT2D eigenvalue weighted by atomic mass is 32.1. The smallest absolute Gasteiger partial charge is 0.312 e. The van der Waals surface area contributed by atoms with Crippen molar-refractivity contribution in [2.45, 2.75) is 6.54 Å². The summed E-state index contributed by atoms with van der Waals surface area (Å²) in [4.78, 5) is 23.6. The second-order valence-corrected chi connectivity index (χ2v) is 2.98. The van der Waals surface area contributed by atoms with E-state index < -0.39 is 6.03 Å². The zero-order valence-corrected chi connectivity index (χ0v) is 8.13. The van der Waals surface area contributed by atoms with E-state index >= 15 is 0 Å². The van der Waals surface area contributed by atoms with Crippen molar-refractivity contribution >= 4 is 18.2 Å². The summed E-state index contributed by atoms with van der Waals surface area (Å²) in [6.45, 7) is 0.842.